The number of aromatic nitrogens is 3. The SMILES string of the molecule is O=C(O)c1nnn(-c2ccccc2C(F)(F)F)c1C(F)(F)F. The molecule has 0 aliphatic rings. The molecule has 0 amide bonds. The third-order valence-electron chi connectivity index (χ3n) is 2.58. The van der Waals surface area contributed by atoms with Crippen LogP contribution in [-0.4, -0.2) is 26.1 Å². The number of alkyl halides is 6. The van der Waals surface area contributed by atoms with E-state index in [0.717, 1.165) is 18.2 Å². The quantitative estimate of drug-likeness (QED) is 0.862. The molecular formula is C11H5F6N3O2. The first-order valence-electron chi connectivity index (χ1n) is 5.46. The van der Waals surface area contributed by atoms with Gasteiger partial charge in [-0.05, 0) is 12.1 Å². The summed E-state index contributed by atoms with van der Waals surface area (Å²) < 4.78 is 77.3. The molecule has 0 radical (unpaired) electrons. The van der Waals surface area contributed by atoms with E-state index in [1.165, 1.54) is 0 Å². The standard InChI is InChI=1S/C11H5F6N3O2/c12-10(13,14)5-3-1-2-4-6(5)20-8(11(15,16)17)7(9(21)22)18-19-20/h1-4H,(H,21,22). The van der Waals surface area contributed by atoms with Gasteiger partial charge < -0.3 is 5.11 Å². The molecule has 22 heavy (non-hydrogen) atoms. The Hall–Kier alpha value is -2.59. The molecule has 11 heteroatoms. The summed E-state index contributed by atoms with van der Waals surface area (Å²) in [6, 6.07) is 3.33. The summed E-state index contributed by atoms with van der Waals surface area (Å²) >= 11 is 0. The topological polar surface area (TPSA) is 68.0 Å². The van der Waals surface area contributed by atoms with Gasteiger partial charge in [0.25, 0.3) is 0 Å². The molecule has 1 N–H and O–H groups in total. The summed E-state index contributed by atoms with van der Waals surface area (Å²) in [5, 5.41) is 14.4. The number of carbonyl (C=O) groups is 1. The zero-order chi connectivity index (χ0) is 16.7. The molecule has 0 saturated carbocycles. The second kappa shape index (κ2) is 5.00. The van der Waals surface area contributed by atoms with Gasteiger partial charge in [-0.3, -0.25) is 0 Å². The Kier molecular flexibility index (Phi) is 3.59. The summed E-state index contributed by atoms with van der Waals surface area (Å²) in [5.74, 6) is -2.05. The molecule has 5 nitrogen and oxygen atoms in total. The van der Waals surface area contributed by atoms with E-state index in [1.54, 1.807) is 0 Å². The normalized spacial score (nSPS) is 12.5. The van der Waals surface area contributed by atoms with Crippen LogP contribution in [0.5, 0.6) is 0 Å². The maximum atomic E-state index is 13.0. The monoisotopic (exact) mass is 325 g/mol. The van der Waals surface area contributed by atoms with E-state index in [0.29, 0.717) is 6.07 Å². The molecule has 118 valence electrons. The van der Waals surface area contributed by atoms with Crippen molar-refractivity contribution in [1.82, 2.24) is 15.0 Å². The van der Waals surface area contributed by atoms with Gasteiger partial charge in [0, 0.05) is 0 Å². The molecule has 1 aromatic heterocycles. The summed E-state index contributed by atoms with van der Waals surface area (Å²) in [5.41, 5.74) is -5.74. The predicted molar refractivity (Wildman–Crippen MR) is 58.3 cm³/mol. The largest absolute Gasteiger partial charge is 0.476 e. The molecule has 0 fully saturated rings. The molecule has 0 bridgehead atoms. The fourth-order valence-corrected chi connectivity index (χ4v) is 1.75. The molecule has 0 aliphatic heterocycles. The van der Waals surface area contributed by atoms with Crippen molar-refractivity contribution < 1.29 is 36.2 Å². The lowest BCUT2D eigenvalue weighted by atomic mass is 10.1. The van der Waals surface area contributed by atoms with Gasteiger partial charge in [0.15, 0.2) is 5.69 Å². The Morgan fingerprint density at radius 2 is 1.64 bits per heavy atom. The number of nitrogens with zero attached hydrogens (tertiary/aromatic N) is 3. The van der Waals surface area contributed by atoms with Crippen molar-refractivity contribution in [3.8, 4) is 5.69 Å². The summed E-state index contributed by atoms with van der Waals surface area (Å²) in [4.78, 5) is 10.8. The highest BCUT2D eigenvalue weighted by atomic mass is 19.4. The Bertz CT molecular complexity index is 719. The van der Waals surface area contributed by atoms with Crippen molar-refractivity contribution in [3.05, 3.63) is 41.2 Å². The van der Waals surface area contributed by atoms with Crippen LogP contribution in [0.3, 0.4) is 0 Å². The van der Waals surface area contributed by atoms with Crippen molar-refractivity contribution in [2.75, 3.05) is 0 Å². The van der Waals surface area contributed by atoms with Crippen molar-refractivity contribution in [2.45, 2.75) is 12.4 Å². The maximum Gasteiger partial charge on any atom is 0.436 e. The van der Waals surface area contributed by atoms with Crippen LogP contribution >= 0.6 is 0 Å². The van der Waals surface area contributed by atoms with Crippen molar-refractivity contribution in [1.29, 1.82) is 0 Å². The third kappa shape index (κ3) is 2.73. The Morgan fingerprint density at radius 1 is 1.05 bits per heavy atom. The first-order valence-corrected chi connectivity index (χ1v) is 5.46. The fraction of sp³-hybridized carbons (Fsp3) is 0.182. The van der Waals surface area contributed by atoms with E-state index < -0.39 is 41.0 Å². The number of rotatable bonds is 2. The molecule has 0 aliphatic carbocycles. The minimum Gasteiger partial charge on any atom is -0.476 e. The molecule has 0 atom stereocenters. The number of carboxylic acids is 1. The maximum absolute atomic E-state index is 13.0. The highest BCUT2D eigenvalue weighted by molar-refractivity contribution is 5.86. The van der Waals surface area contributed by atoms with Gasteiger partial charge in [0.1, 0.15) is 0 Å². The summed E-state index contributed by atoms with van der Waals surface area (Å²) in [6.07, 6.45) is -10.2. The molecule has 1 aromatic carbocycles. The first kappa shape index (κ1) is 15.8. The van der Waals surface area contributed by atoms with E-state index in [2.05, 4.69) is 10.3 Å². The van der Waals surface area contributed by atoms with Crippen LogP contribution in [0.15, 0.2) is 24.3 Å². The van der Waals surface area contributed by atoms with Crippen LogP contribution in [0.4, 0.5) is 26.3 Å². The van der Waals surface area contributed by atoms with E-state index in [1.807, 2.05) is 0 Å². The molecule has 0 unspecified atom stereocenters. The van der Waals surface area contributed by atoms with Crippen LogP contribution in [0.25, 0.3) is 5.69 Å². The number of benzene rings is 1. The number of hydrogen-bond donors (Lipinski definition) is 1. The van der Waals surface area contributed by atoms with Gasteiger partial charge in [0.2, 0.25) is 5.69 Å². The van der Waals surface area contributed by atoms with Crippen molar-refractivity contribution >= 4 is 5.97 Å². The molecular weight excluding hydrogens is 320 g/mol. The van der Waals surface area contributed by atoms with Gasteiger partial charge in [-0.25, -0.2) is 9.48 Å². The molecule has 2 aromatic rings. The second-order valence-corrected chi connectivity index (χ2v) is 4.02. The highest BCUT2D eigenvalue weighted by Gasteiger charge is 2.44. The minimum atomic E-state index is -5.25. The van der Waals surface area contributed by atoms with Crippen molar-refractivity contribution in [3.63, 3.8) is 0 Å². The van der Waals surface area contributed by atoms with Gasteiger partial charge in [-0.15, -0.1) is 5.10 Å². The first-order chi connectivity index (χ1) is 10.0. The lowest BCUT2D eigenvalue weighted by molar-refractivity contribution is -0.145. The average Bonchev–Trinajstić information content (AvgIpc) is 2.82. The molecule has 0 spiro atoms. The lowest BCUT2D eigenvalue weighted by Crippen LogP contribution is -2.20. The Morgan fingerprint density at radius 3 is 2.14 bits per heavy atom. The summed E-state index contributed by atoms with van der Waals surface area (Å²) in [7, 11) is 0. The van der Waals surface area contributed by atoms with Gasteiger partial charge in [0.05, 0.1) is 11.3 Å². The summed E-state index contributed by atoms with van der Waals surface area (Å²) in [6.45, 7) is 0. The fourth-order valence-electron chi connectivity index (χ4n) is 1.75. The van der Waals surface area contributed by atoms with E-state index in [9.17, 15) is 31.1 Å². The molecule has 1 heterocycles. The average molecular weight is 325 g/mol. The van der Waals surface area contributed by atoms with Crippen LogP contribution < -0.4 is 0 Å². The van der Waals surface area contributed by atoms with Crippen LogP contribution in [-0.2, 0) is 12.4 Å². The second-order valence-electron chi connectivity index (χ2n) is 4.02. The molecule has 2 rings (SSSR count). The van der Waals surface area contributed by atoms with Crippen LogP contribution in [0, 0.1) is 0 Å². The van der Waals surface area contributed by atoms with E-state index >= 15 is 0 Å². The Labute approximate surface area is 117 Å². The van der Waals surface area contributed by atoms with Gasteiger partial charge in [-0.2, -0.15) is 26.3 Å². The van der Waals surface area contributed by atoms with E-state index in [4.69, 9.17) is 5.11 Å². The zero-order valence-corrected chi connectivity index (χ0v) is 10.3. The number of hydrogen-bond acceptors (Lipinski definition) is 3. The molecule has 0 saturated heterocycles. The third-order valence-corrected chi connectivity index (χ3v) is 2.58. The Balaban J connectivity index is 2.78. The number of halogens is 6. The minimum absolute atomic E-state index is 0.174. The lowest BCUT2D eigenvalue weighted by Gasteiger charge is -2.15. The number of carboxylic acid groups (broad SMARTS) is 1. The van der Waals surface area contributed by atoms with E-state index in [-0.39, 0.29) is 4.68 Å². The predicted octanol–water partition coefficient (Wildman–Crippen LogP) is 3.00. The van der Waals surface area contributed by atoms with Gasteiger partial charge >= 0.3 is 18.3 Å². The smallest absolute Gasteiger partial charge is 0.436 e. The zero-order valence-electron chi connectivity index (χ0n) is 10.3. The highest BCUT2D eigenvalue weighted by Crippen LogP contribution is 2.37. The van der Waals surface area contributed by atoms with Gasteiger partial charge in [-0.1, -0.05) is 17.3 Å². The van der Waals surface area contributed by atoms with Crippen molar-refractivity contribution in [2.24, 2.45) is 0 Å². The van der Waals surface area contributed by atoms with Crippen LogP contribution in [0.2, 0.25) is 0 Å². The number of aromatic carboxylic acids is 1. The van der Waals surface area contributed by atoms with Crippen LogP contribution in [0.1, 0.15) is 21.7 Å². The number of para-hydroxylation sites is 1.